The smallest absolute Gasteiger partial charge is 0.319 e. The van der Waals surface area contributed by atoms with Gasteiger partial charge in [0.25, 0.3) is 0 Å². The number of carbonyl (C=O) groups is 1. The van der Waals surface area contributed by atoms with E-state index in [-0.39, 0.29) is 19.2 Å². The molecule has 2 rings (SSSR count). The molecule has 0 fully saturated rings. The van der Waals surface area contributed by atoms with Crippen molar-refractivity contribution in [3.63, 3.8) is 0 Å². The number of aliphatic hydroxyl groups excluding tert-OH is 1. The van der Waals surface area contributed by atoms with E-state index in [0.29, 0.717) is 29.9 Å². The highest BCUT2D eigenvalue weighted by molar-refractivity contribution is 5.91. The second-order valence-corrected chi connectivity index (χ2v) is 7.49. The summed E-state index contributed by atoms with van der Waals surface area (Å²) in [7, 11) is 1.56. The van der Waals surface area contributed by atoms with Gasteiger partial charge in [0.15, 0.2) is 11.5 Å². The van der Waals surface area contributed by atoms with Crippen molar-refractivity contribution in [3.8, 4) is 11.5 Å². The van der Waals surface area contributed by atoms with E-state index in [1.165, 1.54) is 0 Å². The van der Waals surface area contributed by atoms with Gasteiger partial charge < -0.3 is 25.2 Å². The number of amides is 2. The van der Waals surface area contributed by atoms with Crippen molar-refractivity contribution in [2.24, 2.45) is 0 Å². The third-order valence-electron chi connectivity index (χ3n) is 4.64. The van der Waals surface area contributed by atoms with Crippen LogP contribution in [0.5, 0.6) is 11.5 Å². The molecular formula is C23H32N2O4. The highest BCUT2D eigenvalue weighted by Gasteiger charge is 2.16. The highest BCUT2D eigenvalue weighted by Crippen LogP contribution is 2.32. The van der Waals surface area contributed by atoms with Crippen molar-refractivity contribution in [1.82, 2.24) is 5.32 Å². The van der Waals surface area contributed by atoms with Gasteiger partial charge in [-0.1, -0.05) is 52.0 Å². The molecule has 2 aromatic carbocycles. The number of carbonyl (C=O) groups excluding carboxylic acids is 1. The third-order valence-corrected chi connectivity index (χ3v) is 4.64. The maximum absolute atomic E-state index is 12.6. The summed E-state index contributed by atoms with van der Waals surface area (Å²) < 4.78 is 10.8. The number of ether oxygens (including phenoxy) is 2. The van der Waals surface area contributed by atoms with Crippen LogP contribution in [0.4, 0.5) is 10.5 Å². The number of benzene rings is 2. The minimum atomic E-state index is -0.250. The Hall–Kier alpha value is -2.73. The fourth-order valence-electron chi connectivity index (χ4n) is 3.13. The van der Waals surface area contributed by atoms with Gasteiger partial charge in [0.05, 0.1) is 13.7 Å². The van der Waals surface area contributed by atoms with Crippen LogP contribution < -0.4 is 20.1 Å². The third kappa shape index (κ3) is 6.12. The van der Waals surface area contributed by atoms with Gasteiger partial charge in [-0.2, -0.15) is 0 Å². The van der Waals surface area contributed by atoms with E-state index in [4.69, 9.17) is 14.6 Å². The van der Waals surface area contributed by atoms with Crippen LogP contribution >= 0.6 is 0 Å². The molecule has 0 radical (unpaired) electrons. The monoisotopic (exact) mass is 400 g/mol. The number of rotatable bonds is 9. The van der Waals surface area contributed by atoms with E-state index >= 15 is 0 Å². The molecule has 29 heavy (non-hydrogen) atoms. The Labute approximate surface area is 173 Å². The first kappa shape index (κ1) is 22.6. The highest BCUT2D eigenvalue weighted by atomic mass is 16.5. The van der Waals surface area contributed by atoms with Gasteiger partial charge in [-0.3, -0.25) is 0 Å². The molecule has 0 bridgehead atoms. The molecule has 6 nitrogen and oxygen atoms in total. The second kappa shape index (κ2) is 10.7. The lowest BCUT2D eigenvalue weighted by molar-refractivity contribution is 0.196. The van der Waals surface area contributed by atoms with Gasteiger partial charge in [-0.25, -0.2) is 4.79 Å². The molecule has 0 spiro atoms. The first-order valence-electron chi connectivity index (χ1n) is 9.95. The van der Waals surface area contributed by atoms with Crippen molar-refractivity contribution in [2.75, 3.05) is 25.6 Å². The van der Waals surface area contributed by atoms with Crippen LogP contribution in [0.2, 0.25) is 0 Å². The Bertz CT molecular complexity index is 792. The summed E-state index contributed by atoms with van der Waals surface area (Å²) in [6.45, 7) is 8.96. The van der Waals surface area contributed by atoms with Crippen LogP contribution in [0.15, 0.2) is 36.4 Å². The van der Waals surface area contributed by atoms with Crippen LogP contribution in [0.25, 0.3) is 0 Å². The average molecular weight is 401 g/mol. The maximum atomic E-state index is 12.6. The zero-order chi connectivity index (χ0) is 21.4. The minimum absolute atomic E-state index is 0.0666. The summed E-state index contributed by atoms with van der Waals surface area (Å²) in [5, 5.41) is 14.9. The molecule has 0 heterocycles. The molecule has 0 saturated carbocycles. The van der Waals surface area contributed by atoms with E-state index in [2.05, 4.69) is 50.5 Å². The molecule has 0 unspecified atom stereocenters. The second-order valence-electron chi connectivity index (χ2n) is 7.49. The average Bonchev–Trinajstić information content (AvgIpc) is 2.70. The molecular weight excluding hydrogens is 368 g/mol. The molecule has 6 heteroatoms. The van der Waals surface area contributed by atoms with Gasteiger partial charge in [-0.05, 0) is 40.7 Å². The van der Waals surface area contributed by atoms with Crippen LogP contribution in [0.1, 0.15) is 56.2 Å². The fourth-order valence-corrected chi connectivity index (χ4v) is 3.13. The summed E-state index contributed by atoms with van der Waals surface area (Å²) in [6, 6.07) is 11.4. The lowest BCUT2D eigenvalue weighted by atomic mass is 9.93. The molecule has 2 aromatic rings. The van der Waals surface area contributed by atoms with Crippen molar-refractivity contribution < 1.29 is 19.4 Å². The van der Waals surface area contributed by atoms with Crippen molar-refractivity contribution in [1.29, 1.82) is 0 Å². The van der Waals surface area contributed by atoms with Crippen LogP contribution in [-0.2, 0) is 6.54 Å². The molecule has 3 N–H and O–H groups in total. The summed E-state index contributed by atoms with van der Waals surface area (Å²) in [4.78, 5) is 12.6. The van der Waals surface area contributed by atoms with Gasteiger partial charge in [0.1, 0.15) is 6.61 Å². The number of nitrogens with one attached hydrogen (secondary N) is 2. The van der Waals surface area contributed by atoms with Crippen LogP contribution in [0, 0.1) is 0 Å². The van der Waals surface area contributed by atoms with Gasteiger partial charge in [0.2, 0.25) is 0 Å². The van der Waals surface area contributed by atoms with Gasteiger partial charge >= 0.3 is 6.03 Å². The minimum Gasteiger partial charge on any atom is -0.493 e. The number of hydrogen-bond acceptors (Lipinski definition) is 4. The number of para-hydroxylation sites is 1. The Kier molecular flexibility index (Phi) is 8.34. The lowest BCUT2D eigenvalue weighted by Crippen LogP contribution is -2.29. The lowest BCUT2D eigenvalue weighted by Gasteiger charge is -2.20. The molecule has 0 saturated heterocycles. The molecule has 2 amide bonds. The first-order valence-corrected chi connectivity index (χ1v) is 9.95. The van der Waals surface area contributed by atoms with Crippen LogP contribution in [-0.4, -0.2) is 31.5 Å². The molecule has 0 aliphatic rings. The number of hydrogen-bond donors (Lipinski definition) is 3. The quantitative estimate of drug-likeness (QED) is 0.573. The molecule has 0 aromatic heterocycles. The number of urea groups is 1. The number of aliphatic hydroxyl groups is 1. The molecule has 0 aliphatic heterocycles. The van der Waals surface area contributed by atoms with E-state index in [0.717, 1.165) is 22.4 Å². The fraction of sp³-hybridized carbons (Fsp3) is 0.435. The Morgan fingerprint density at radius 2 is 1.69 bits per heavy atom. The summed E-state index contributed by atoms with van der Waals surface area (Å²) >= 11 is 0. The van der Waals surface area contributed by atoms with E-state index in [1.54, 1.807) is 13.2 Å². The Morgan fingerprint density at radius 3 is 2.24 bits per heavy atom. The topological polar surface area (TPSA) is 79.8 Å². The predicted octanol–water partition coefficient (Wildman–Crippen LogP) is 4.63. The largest absolute Gasteiger partial charge is 0.493 e. The van der Waals surface area contributed by atoms with Crippen LogP contribution in [0.3, 0.4) is 0 Å². The summed E-state index contributed by atoms with van der Waals surface area (Å²) in [5.74, 6) is 1.73. The Balaban J connectivity index is 2.09. The number of anilines is 1. The molecule has 158 valence electrons. The maximum Gasteiger partial charge on any atom is 0.319 e. The summed E-state index contributed by atoms with van der Waals surface area (Å²) in [5.41, 5.74) is 4.02. The van der Waals surface area contributed by atoms with E-state index in [1.807, 2.05) is 18.2 Å². The van der Waals surface area contributed by atoms with E-state index in [9.17, 15) is 4.79 Å². The normalized spacial score (nSPS) is 10.9. The molecule has 0 aliphatic carbocycles. The predicted molar refractivity (Wildman–Crippen MR) is 116 cm³/mol. The summed E-state index contributed by atoms with van der Waals surface area (Å²) in [6.07, 6.45) is 0. The van der Waals surface area contributed by atoms with Crippen molar-refractivity contribution >= 4 is 11.7 Å². The zero-order valence-electron chi connectivity index (χ0n) is 17.9. The zero-order valence-corrected chi connectivity index (χ0v) is 17.9. The SMILES string of the molecule is COc1cc(CNC(=O)Nc2c(C(C)C)cccc2C(C)C)ccc1OCCO. The van der Waals surface area contributed by atoms with Gasteiger partial charge in [0, 0.05) is 12.2 Å². The van der Waals surface area contributed by atoms with Crippen molar-refractivity contribution in [3.05, 3.63) is 53.1 Å². The van der Waals surface area contributed by atoms with E-state index < -0.39 is 0 Å². The van der Waals surface area contributed by atoms with Crippen molar-refractivity contribution in [2.45, 2.75) is 46.1 Å². The Morgan fingerprint density at radius 1 is 1.03 bits per heavy atom. The number of methoxy groups -OCH3 is 1. The molecule has 0 atom stereocenters. The standard InChI is InChI=1S/C23H32N2O4/c1-15(2)18-7-6-8-19(16(3)4)22(18)25-23(27)24-14-17-9-10-20(29-12-11-26)21(13-17)28-5/h6-10,13,15-16,26H,11-12,14H2,1-5H3,(H2,24,25,27). The first-order chi connectivity index (χ1) is 13.9. The van der Waals surface area contributed by atoms with Gasteiger partial charge in [-0.15, -0.1) is 0 Å².